The molecule has 8 aromatic rings. The van der Waals surface area contributed by atoms with E-state index in [0.29, 0.717) is 121 Å². The lowest BCUT2D eigenvalue weighted by molar-refractivity contribution is -0.183. The maximum Gasteiger partial charge on any atom is 0.530 e. The third-order valence-electron chi connectivity index (χ3n) is 13.1. The second kappa shape index (κ2) is 24.3. The van der Waals surface area contributed by atoms with Crippen LogP contribution in [0.25, 0.3) is 32.7 Å². The van der Waals surface area contributed by atoms with Gasteiger partial charge in [-0.1, -0.05) is 133 Å². The zero-order valence-electron chi connectivity index (χ0n) is 41.6. The number of rotatable bonds is 17. The van der Waals surface area contributed by atoms with Crippen molar-refractivity contribution in [2.24, 2.45) is 0 Å². The molecule has 0 aliphatic carbocycles. The maximum atomic E-state index is 7.26. The molecule has 12 rings (SSSR count). The van der Waals surface area contributed by atoms with Gasteiger partial charge in [0.15, 0.2) is 25.2 Å². The molecule has 4 fully saturated rings. The Kier molecular flexibility index (Phi) is 16.1. The fourth-order valence-electron chi connectivity index (χ4n) is 9.47. The number of hydrogen-bond acceptors (Lipinski definition) is 14. The molecular weight excluding hydrogens is 1010 g/mol. The molecule has 0 aromatic heterocycles. The van der Waals surface area contributed by atoms with Crippen LogP contribution in [0.5, 0.6) is 34.5 Å². The standard InChI is InChI=1S/C60H56O14P2/c1-3-19-43-41(17-1)29-31-53(73-75(69-49-25-9-5-21-45(49)57-61-33-13-34-62-57)70-50-26-10-6-22-46(50)58-63-35-14-36-64-58)55(43)56-44-20-4-2-18-42(44)30-32-54(56)74-76(71-51-27-11-7-23-47(51)59-65-37-15-38-66-59)72-52-28-12-8-24-48(52)60-67-39-16-40-68-60/h1-12,17-32,57-60H,13-16,33-40H2. The molecular formula is C60H56O14P2. The third kappa shape index (κ3) is 11.5. The predicted molar refractivity (Wildman–Crippen MR) is 287 cm³/mol. The third-order valence-corrected chi connectivity index (χ3v) is 15.1. The second-order valence-electron chi connectivity index (χ2n) is 18.2. The normalized spacial score (nSPS) is 17.2. The van der Waals surface area contributed by atoms with Gasteiger partial charge in [0.2, 0.25) is 0 Å². The Balaban J connectivity index is 0.988. The molecule has 0 amide bonds. The molecule has 0 saturated carbocycles. The lowest BCUT2D eigenvalue weighted by Gasteiger charge is -2.28. The van der Waals surface area contributed by atoms with Crippen LogP contribution in [-0.4, -0.2) is 52.9 Å². The van der Waals surface area contributed by atoms with Crippen molar-refractivity contribution in [2.75, 3.05) is 52.9 Å². The van der Waals surface area contributed by atoms with E-state index in [4.69, 9.17) is 65.0 Å². The first-order chi connectivity index (χ1) is 37.7. The Bertz CT molecular complexity index is 2880. The minimum atomic E-state index is -2.34. The summed E-state index contributed by atoms with van der Waals surface area (Å²) in [6, 6.07) is 54.8. The van der Waals surface area contributed by atoms with Crippen molar-refractivity contribution in [3.63, 3.8) is 0 Å². The van der Waals surface area contributed by atoms with Gasteiger partial charge in [-0.05, 0) is 83.6 Å². The lowest BCUT2D eigenvalue weighted by Crippen LogP contribution is -2.19. The summed E-state index contributed by atoms with van der Waals surface area (Å²) in [6.07, 6.45) is 0.589. The Morgan fingerprint density at radius 2 is 0.513 bits per heavy atom. The maximum absolute atomic E-state index is 7.26. The Labute approximate surface area is 443 Å². The van der Waals surface area contributed by atoms with E-state index in [2.05, 4.69) is 24.3 Å². The Morgan fingerprint density at radius 3 is 0.816 bits per heavy atom. The van der Waals surface area contributed by atoms with Crippen molar-refractivity contribution in [2.45, 2.75) is 50.8 Å². The van der Waals surface area contributed by atoms with Crippen molar-refractivity contribution in [3.05, 3.63) is 192 Å². The first-order valence-corrected chi connectivity index (χ1v) is 27.9. The van der Waals surface area contributed by atoms with Crippen molar-refractivity contribution in [1.29, 1.82) is 0 Å². The smallest absolute Gasteiger partial charge is 0.408 e. The fourth-order valence-corrected chi connectivity index (χ4v) is 11.6. The molecule has 4 aliphatic heterocycles. The summed E-state index contributed by atoms with van der Waals surface area (Å²) in [4.78, 5) is 0. The summed E-state index contributed by atoms with van der Waals surface area (Å²) in [5.41, 5.74) is 4.25. The Hall–Kier alpha value is -6.38. The van der Waals surface area contributed by atoms with Gasteiger partial charge in [-0.2, -0.15) is 0 Å². The average Bonchev–Trinajstić information content (AvgIpc) is 3.53. The van der Waals surface area contributed by atoms with E-state index < -0.39 is 42.4 Å². The Morgan fingerprint density at radius 1 is 0.263 bits per heavy atom. The van der Waals surface area contributed by atoms with Gasteiger partial charge in [-0.25, -0.2) is 0 Å². The topological polar surface area (TPSA) is 129 Å². The highest BCUT2D eigenvalue weighted by Gasteiger charge is 2.34. The van der Waals surface area contributed by atoms with Gasteiger partial charge in [0.1, 0.15) is 34.5 Å². The highest BCUT2D eigenvalue weighted by atomic mass is 31.2. The van der Waals surface area contributed by atoms with Crippen LogP contribution in [0.3, 0.4) is 0 Å². The zero-order valence-corrected chi connectivity index (χ0v) is 43.4. The average molecular weight is 1060 g/mol. The van der Waals surface area contributed by atoms with Crippen molar-refractivity contribution in [3.8, 4) is 45.6 Å². The number of fused-ring (bicyclic) bond motifs is 2. The summed E-state index contributed by atoms with van der Waals surface area (Å²) in [6.45, 7) is 4.41. The van der Waals surface area contributed by atoms with E-state index in [1.165, 1.54) is 0 Å². The SMILES string of the molecule is c1ccc(C2OCCCO2)c(OP(Oc2ccccc2C2OCCCO2)Oc2ccc3ccccc3c2-c2c(OP(Oc3ccccc3C3OCCCO3)Oc3ccccc3C3OCCCO3)ccc3ccccc23)c1. The molecule has 0 spiro atoms. The number of benzene rings is 8. The molecule has 0 N–H and O–H groups in total. The first kappa shape index (κ1) is 50.4. The van der Waals surface area contributed by atoms with Crippen LogP contribution in [0.2, 0.25) is 0 Å². The van der Waals surface area contributed by atoms with Gasteiger partial charge in [0.25, 0.3) is 0 Å². The number of para-hydroxylation sites is 4. The summed E-state index contributed by atoms with van der Waals surface area (Å²) in [5, 5.41) is 3.68. The second-order valence-corrected chi connectivity index (χ2v) is 20.2. The molecule has 390 valence electrons. The van der Waals surface area contributed by atoms with Crippen LogP contribution in [0, 0.1) is 0 Å². The largest absolute Gasteiger partial charge is 0.530 e. The van der Waals surface area contributed by atoms with E-state index >= 15 is 0 Å². The van der Waals surface area contributed by atoms with Gasteiger partial charge in [0, 0.05) is 11.1 Å². The monoisotopic (exact) mass is 1060 g/mol. The molecule has 0 bridgehead atoms. The van der Waals surface area contributed by atoms with Crippen molar-refractivity contribution >= 4 is 38.7 Å². The minimum absolute atomic E-state index is 0.455. The van der Waals surface area contributed by atoms with Crippen LogP contribution in [0.15, 0.2) is 170 Å². The quantitative estimate of drug-likeness (QED) is 0.0802. The molecule has 14 nitrogen and oxygen atoms in total. The van der Waals surface area contributed by atoms with Crippen LogP contribution in [-0.2, 0) is 37.9 Å². The number of hydrogen-bond donors (Lipinski definition) is 0. The van der Waals surface area contributed by atoms with Gasteiger partial charge < -0.3 is 65.0 Å². The fraction of sp³-hybridized carbons (Fsp3) is 0.267. The lowest BCUT2D eigenvalue weighted by atomic mass is 9.92. The number of ether oxygens (including phenoxy) is 8. The zero-order chi connectivity index (χ0) is 50.9. The van der Waals surface area contributed by atoms with Crippen LogP contribution in [0.1, 0.15) is 73.1 Å². The highest BCUT2D eigenvalue weighted by molar-refractivity contribution is 7.43. The van der Waals surface area contributed by atoms with Gasteiger partial charge >= 0.3 is 17.2 Å². The molecule has 4 heterocycles. The van der Waals surface area contributed by atoms with Crippen LogP contribution >= 0.6 is 17.2 Å². The molecule has 4 saturated heterocycles. The van der Waals surface area contributed by atoms with E-state index in [9.17, 15) is 0 Å². The summed E-state index contributed by atoms with van der Waals surface area (Å²) >= 11 is 0. The van der Waals surface area contributed by atoms with E-state index in [1.54, 1.807) is 0 Å². The van der Waals surface area contributed by atoms with E-state index in [0.717, 1.165) is 47.2 Å². The van der Waals surface area contributed by atoms with Crippen molar-refractivity contribution in [1.82, 2.24) is 0 Å². The van der Waals surface area contributed by atoms with Gasteiger partial charge in [0.05, 0.1) is 75.1 Å². The first-order valence-electron chi connectivity index (χ1n) is 25.7. The summed E-state index contributed by atoms with van der Waals surface area (Å²) in [5.74, 6) is 2.83. The predicted octanol–water partition coefficient (Wildman–Crippen LogP) is 14.9. The van der Waals surface area contributed by atoms with E-state index in [1.807, 2.05) is 146 Å². The molecule has 0 atom stereocenters. The van der Waals surface area contributed by atoms with E-state index in [-0.39, 0.29) is 0 Å². The molecule has 0 radical (unpaired) electrons. The van der Waals surface area contributed by atoms with Crippen molar-refractivity contribution < 1.29 is 65.0 Å². The molecule has 4 aliphatic rings. The molecule has 76 heavy (non-hydrogen) atoms. The van der Waals surface area contributed by atoms with Crippen LogP contribution < -0.4 is 27.1 Å². The summed E-state index contributed by atoms with van der Waals surface area (Å²) < 4.78 is 91.3. The highest BCUT2D eigenvalue weighted by Crippen LogP contribution is 2.55. The van der Waals surface area contributed by atoms with Crippen LogP contribution in [0.4, 0.5) is 0 Å². The molecule has 8 aromatic carbocycles. The van der Waals surface area contributed by atoms with Gasteiger partial charge in [-0.15, -0.1) is 0 Å². The summed E-state index contributed by atoms with van der Waals surface area (Å²) in [7, 11) is -4.68. The van der Waals surface area contributed by atoms with Gasteiger partial charge in [-0.3, -0.25) is 0 Å². The molecule has 0 unspecified atom stereocenters. The minimum Gasteiger partial charge on any atom is -0.408 e. The molecule has 16 heteroatoms.